The predicted molar refractivity (Wildman–Crippen MR) is 91.9 cm³/mol. The lowest BCUT2D eigenvalue weighted by molar-refractivity contribution is 0.198. The SMILES string of the molecule is CC(C)(C)C1CCN(c2ccc(-c3ccccn3)cn2)CC1. The fraction of sp³-hybridized carbons (Fsp3) is 0.474. The van der Waals surface area contributed by atoms with Crippen molar-refractivity contribution in [2.24, 2.45) is 11.3 Å². The molecule has 0 bridgehead atoms. The summed E-state index contributed by atoms with van der Waals surface area (Å²) in [6, 6.07) is 10.2. The quantitative estimate of drug-likeness (QED) is 0.822. The fourth-order valence-corrected chi connectivity index (χ4v) is 3.23. The number of hydrogen-bond donors (Lipinski definition) is 0. The zero-order valence-electron chi connectivity index (χ0n) is 13.8. The topological polar surface area (TPSA) is 29.0 Å². The second-order valence-electron chi connectivity index (χ2n) is 7.25. The molecule has 3 rings (SSSR count). The van der Waals surface area contributed by atoms with E-state index in [1.807, 2.05) is 30.6 Å². The van der Waals surface area contributed by atoms with Crippen LogP contribution in [0.5, 0.6) is 0 Å². The maximum Gasteiger partial charge on any atom is 0.128 e. The molecule has 0 unspecified atom stereocenters. The molecule has 0 spiro atoms. The summed E-state index contributed by atoms with van der Waals surface area (Å²) in [5.74, 6) is 1.91. The zero-order valence-corrected chi connectivity index (χ0v) is 13.8. The van der Waals surface area contributed by atoms with Crippen LogP contribution in [0.25, 0.3) is 11.3 Å². The van der Waals surface area contributed by atoms with Gasteiger partial charge < -0.3 is 4.90 Å². The third kappa shape index (κ3) is 3.29. The van der Waals surface area contributed by atoms with E-state index < -0.39 is 0 Å². The van der Waals surface area contributed by atoms with E-state index in [1.54, 1.807) is 0 Å². The van der Waals surface area contributed by atoms with Crippen molar-refractivity contribution in [2.45, 2.75) is 33.6 Å². The Morgan fingerprint density at radius 2 is 1.77 bits per heavy atom. The van der Waals surface area contributed by atoms with Gasteiger partial charge in [-0.3, -0.25) is 4.98 Å². The average molecular weight is 295 g/mol. The number of nitrogens with zero attached hydrogens (tertiary/aromatic N) is 3. The highest BCUT2D eigenvalue weighted by atomic mass is 15.2. The van der Waals surface area contributed by atoms with Crippen molar-refractivity contribution in [3.63, 3.8) is 0 Å². The second-order valence-corrected chi connectivity index (χ2v) is 7.25. The van der Waals surface area contributed by atoms with Crippen LogP contribution in [0.15, 0.2) is 42.7 Å². The first-order valence-corrected chi connectivity index (χ1v) is 8.16. The van der Waals surface area contributed by atoms with Gasteiger partial charge in [0.05, 0.1) is 5.69 Å². The minimum absolute atomic E-state index is 0.419. The lowest BCUT2D eigenvalue weighted by atomic mass is 9.75. The van der Waals surface area contributed by atoms with Crippen LogP contribution in [-0.2, 0) is 0 Å². The zero-order chi connectivity index (χ0) is 15.6. The first-order valence-electron chi connectivity index (χ1n) is 8.16. The van der Waals surface area contributed by atoms with E-state index in [-0.39, 0.29) is 0 Å². The van der Waals surface area contributed by atoms with Gasteiger partial charge in [0.2, 0.25) is 0 Å². The van der Waals surface area contributed by atoms with Gasteiger partial charge in [0.1, 0.15) is 5.82 Å². The third-order valence-electron chi connectivity index (χ3n) is 4.75. The summed E-state index contributed by atoms with van der Waals surface area (Å²) >= 11 is 0. The third-order valence-corrected chi connectivity index (χ3v) is 4.75. The maximum atomic E-state index is 4.65. The molecule has 0 aliphatic carbocycles. The highest BCUT2D eigenvalue weighted by molar-refractivity contribution is 5.59. The van der Waals surface area contributed by atoms with Gasteiger partial charge in [0.15, 0.2) is 0 Å². The van der Waals surface area contributed by atoms with Crippen LogP contribution in [0.4, 0.5) is 5.82 Å². The van der Waals surface area contributed by atoms with Crippen LogP contribution in [0.1, 0.15) is 33.6 Å². The maximum absolute atomic E-state index is 4.65. The minimum atomic E-state index is 0.419. The molecule has 0 amide bonds. The van der Waals surface area contributed by atoms with E-state index in [4.69, 9.17) is 0 Å². The standard InChI is InChI=1S/C19H25N3/c1-19(2,3)16-9-12-22(13-10-16)18-8-7-15(14-21-18)17-6-4-5-11-20-17/h4-8,11,14,16H,9-10,12-13H2,1-3H3. The van der Waals surface area contributed by atoms with E-state index in [0.717, 1.165) is 36.1 Å². The minimum Gasteiger partial charge on any atom is -0.357 e. The van der Waals surface area contributed by atoms with Gasteiger partial charge in [-0.05, 0) is 48.4 Å². The lowest BCUT2D eigenvalue weighted by Crippen LogP contribution is -2.38. The van der Waals surface area contributed by atoms with Crippen molar-refractivity contribution in [2.75, 3.05) is 18.0 Å². The van der Waals surface area contributed by atoms with E-state index in [2.05, 4.69) is 47.8 Å². The fourth-order valence-electron chi connectivity index (χ4n) is 3.23. The van der Waals surface area contributed by atoms with Crippen LogP contribution in [0.2, 0.25) is 0 Å². The number of hydrogen-bond acceptors (Lipinski definition) is 3. The summed E-state index contributed by atoms with van der Waals surface area (Å²) in [7, 11) is 0. The number of rotatable bonds is 2. The summed E-state index contributed by atoms with van der Waals surface area (Å²) in [4.78, 5) is 11.4. The molecule has 0 radical (unpaired) electrons. The monoisotopic (exact) mass is 295 g/mol. The lowest BCUT2D eigenvalue weighted by Gasteiger charge is -2.39. The first kappa shape index (κ1) is 15.0. The normalized spacial score (nSPS) is 16.8. The highest BCUT2D eigenvalue weighted by Crippen LogP contribution is 2.35. The largest absolute Gasteiger partial charge is 0.357 e. The highest BCUT2D eigenvalue weighted by Gasteiger charge is 2.29. The molecular weight excluding hydrogens is 270 g/mol. The van der Waals surface area contributed by atoms with Crippen LogP contribution in [0.3, 0.4) is 0 Å². The Morgan fingerprint density at radius 1 is 1.00 bits per heavy atom. The van der Waals surface area contributed by atoms with Gasteiger partial charge in [-0.15, -0.1) is 0 Å². The Hall–Kier alpha value is -1.90. The molecule has 0 atom stereocenters. The van der Waals surface area contributed by atoms with Gasteiger partial charge in [-0.25, -0.2) is 4.98 Å². The van der Waals surface area contributed by atoms with E-state index in [0.29, 0.717) is 5.41 Å². The van der Waals surface area contributed by atoms with Crippen molar-refractivity contribution in [1.29, 1.82) is 0 Å². The molecule has 0 saturated carbocycles. The van der Waals surface area contributed by atoms with Gasteiger partial charge >= 0.3 is 0 Å². The molecule has 1 aliphatic rings. The van der Waals surface area contributed by atoms with Crippen molar-refractivity contribution < 1.29 is 0 Å². The Labute approximate surface area is 133 Å². The van der Waals surface area contributed by atoms with Gasteiger partial charge in [-0.1, -0.05) is 26.8 Å². The second kappa shape index (κ2) is 6.07. The predicted octanol–water partition coefficient (Wildman–Crippen LogP) is 4.41. The molecule has 2 aromatic heterocycles. The number of anilines is 1. The van der Waals surface area contributed by atoms with Crippen molar-refractivity contribution in [1.82, 2.24) is 9.97 Å². The summed E-state index contributed by atoms with van der Waals surface area (Å²) in [5.41, 5.74) is 2.48. The van der Waals surface area contributed by atoms with Crippen LogP contribution < -0.4 is 4.90 Å². The molecule has 3 heterocycles. The Morgan fingerprint density at radius 3 is 2.32 bits per heavy atom. The van der Waals surface area contributed by atoms with Crippen LogP contribution in [-0.4, -0.2) is 23.1 Å². The van der Waals surface area contributed by atoms with Gasteiger partial charge in [-0.2, -0.15) is 0 Å². The van der Waals surface area contributed by atoms with Crippen molar-refractivity contribution >= 4 is 5.82 Å². The number of piperidine rings is 1. The summed E-state index contributed by atoms with van der Waals surface area (Å²) in [6.07, 6.45) is 6.27. The smallest absolute Gasteiger partial charge is 0.128 e. The van der Waals surface area contributed by atoms with Crippen LogP contribution >= 0.6 is 0 Å². The Balaban J connectivity index is 1.67. The summed E-state index contributed by atoms with van der Waals surface area (Å²) < 4.78 is 0. The molecule has 0 N–H and O–H groups in total. The van der Waals surface area contributed by atoms with E-state index in [9.17, 15) is 0 Å². The molecule has 1 saturated heterocycles. The summed E-state index contributed by atoms with van der Waals surface area (Å²) in [5, 5.41) is 0. The molecule has 0 aromatic carbocycles. The van der Waals surface area contributed by atoms with Crippen molar-refractivity contribution in [3.05, 3.63) is 42.7 Å². The summed E-state index contributed by atoms with van der Waals surface area (Å²) in [6.45, 7) is 9.28. The van der Waals surface area contributed by atoms with Crippen LogP contribution in [0, 0.1) is 11.3 Å². The first-order chi connectivity index (χ1) is 10.5. The van der Waals surface area contributed by atoms with E-state index in [1.165, 1.54) is 12.8 Å². The average Bonchev–Trinajstić information content (AvgIpc) is 2.55. The molecule has 3 nitrogen and oxygen atoms in total. The number of pyridine rings is 2. The molecule has 1 aliphatic heterocycles. The Kier molecular flexibility index (Phi) is 4.14. The molecule has 22 heavy (non-hydrogen) atoms. The molecule has 1 fully saturated rings. The Bertz CT molecular complexity index is 591. The van der Waals surface area contributed by atoms with Crippen molar-refractivity contribution in [3.8, 4) is 11.3 Å². The van der Waals surface area contributed by atoms with Gasteiger partial charge in [0.25, 0.3) is 0 Å². The van der Waals surface area contributed by atoms with Gasteiger partial charge in [0, 0.05) is 31.0 Å². The molecule has 3 heteroatoms. The van der Waals surface area contributed by atoms with E-state index >= 15 is 0 Å². The molecule has 2 aromatic rings. The number of aromatic nitrogens is 2. The molecule has 116 valence electrons. The molecular formula is C19H25N3.